The molecule has 2 N–H and O–H groups in total. The summed E-state index contributed by atoms with van der Waals surface area (Å²) in [5.41, 5.74) is 20.1. The molecule has 0 saturated carbocycles. The van der Waals surface area contributed by atoms with Gasteiger partial charge in [0.05, 0.1) is 6.61 Å². The number of aliphatic imine (C=N–C) groups is 1. The van der Waals surface area contributed by atoms with Crippen molar-refractivity contribution in [2.24, 2.45) is 15.2 Å². The van der Waals surface area contributed by atoms with Crippen LogP contribution in [-0.2, 0) is 22.4 Å². The van der Waals surface area contributed by atoms with E-state index in [1.54, 1.807) is 78.9 Å². The number of azide groups is 2. The number of carbonyl (C=O) groups is 1. The van der Waals surface area contributed by atoms with Crippen LogP contribution in [0.2, 0.25) is 5.02 Å². The molecule has 0 aliphatic carbocycles. The molecule has 0 saturated heterocycles. The zero-order valence-electron chi connectivity index (χ0n) is 25.2. The molecule has 4 aromatic rings. The molecule has 1 aliphatic rings. The Morgan fingerprint density at radius 2 is 1.60 bits per heavy atom. The number of hydrogen-bond donors (Lipinski definition) is 2. The highest BCUT2D eigenvalue weighted by molar-refractivity contribution is 6.31. The number of rotatable bonds is 14. The van der Waals surface area contributed by atoms with Crippen molar-refractivity contribution in [3.63, 3.8) is 0 Å². The minimum atomic E-state index is -1.63. The number of halogens is 1. The summed E-state index contributed by atoms with van der Waals surface area (Å²) in [5.74, 6) is 0.341. The van der Waals surface area contributed by atoms with Crippen LogP contribution in [0, 0.1) is 0 Å². The lowest BCUT2D eigenvalue weighted by Gasteiger charge is -2.32. The quantitative estimate of drug-likeness (QED) is 0.0611. The second-order valence-corrected chi connectivity index (χ2v) is 11.0. The van der Waals surface area contributed by atoms with Crippen molar-refractivity contribution >= 4 is 34.8 Å². The normalized spacial score (nSPS) is 16.6. The minimum absolute atomic E-state index is 0.0127. The first-order chi connectivity index (χ1) is 23.0. The maximum absolute atomic E-state index is 14.6. The molecular weight excluding hydrogens is 620 g/mol. The Labute approximate surface area is 275 Å². The molecule has 12 nitrogen and oxygen atoms in total. The molecule has 1 amide bonds. The maximum atomic E-state index is 14.6. The fourth-order valence-electron chi connectivity index (χ4n) is 5.37. The largest absolute Gasteiger partial charge is 0.494 e. The fraction of sp³-hybridized carbons (Fsp3) is 0.235. The van der Waals surface area contributed by atoms with Crippen LogP contribution in [0.1, 0.15) is 34.8 Å². The summed E-state index contributed by atoms with van der Waals surface area (Å²) < 4.78 is 12.2. The van der Waals surface area contributed by atoms with Crippen LogP contribution in [0.4, 0.5) is 11.4 Å². The third-order valence-corrected chi connectivity index (χ3v) is 8.01. The monoisotopic (exact) mass is 650 g/mol. The van der Waals surface area contributed by atoms with Crippen LogP contribution < -0.4 is 10.1 Å². The van der Waals surface area contributed by atoms with Crippen LogP contribution in [0.25, 0.3) is 20.9 Å². The average molecular weight is 651 g/mol. The number of aliphatic hydroxyl groups excluding tert-OH is 1. The zero-order chi connectivity index (χ0) is 33.1. The minimum Gasteiger partial charge on any atom is -0.494 e. The first-order valence-electron chi connectivity index (χ1n) is 14.9. The number of amides is 1. The molecule has 0 fully saturated rings. The summed E-state index contributed by atoms with van der Waals surface area (Å²) in [5, 5.41) is 20.5. The van der Waals surface area contributed by atoms with Crippen LogP contribution in [0.3, 0.4) is 0 Å². The molecular formula is C34H31ClN8O4. The Morgan fingerprint density at radius 3 is 2.32 bits per heavy atom. The second-order valence-electron chi connectivity index (χ2n) is 10.6. The number of ether oxygens (including phenoxy) is 2. The predicted octanol–water partition coefficient (Wildman–Crippen LogP) is 7.84. The molecule has 5 rings (SSSR count). The SMILES string of the molecule is [N-]=[N+]=Nc1ccccc1C[C@@]1(C(=O)NCCc2ccccc2Cl)N=C(c2ccc(OCCCO)cc2)O[C@@H]1c1ccccc1N=[N+]=[N-]. The van der Waals surface area contributed by atoms with E-state index >= 15 is 0 Å². The van der Waals surface area contributed by atoms with Gasteiger partial charge in [-0.2, -0.15) is 0 Å². The maximum Gasteiger partial charge on any atom is 0.252 e. The van der Waals surface area contributed by atoms with E-state index < -0.39 is 17.6 Å². The molecule has 1 aliphatic heterocycles. The summed E-state index contributed by atoms with van der Waals surface area (Å²) >= 11 is 6.38. The molecule has 1 heterocycles. The summed E-state index contributed by atoms with van der Waals surface area (Å²) in [6, 6.07) is 28.3. The topological polar surface area (TPSA) is 178 Å². The van der Waals surface area contributed by atoms with E-state index in [-0.39, 0.29) is 31.2 Å². The third kappa shape index (κ3) is 7.66. The van der Waals surface area contributed by atoms with E-state index in [0.717, 1.165) is 5.56 Å². The molecule has 2 atom stereocenters. The van der Waals surface area contributed by atoms with Gasteiger partial charge in [0.15, 0.2) is 11.6 Å². The van der Waals surface area contributed by atoms with Gasteiger partial charge in [0.2, 0.25) is 5.90 Å². The Bertz CT molecular complexity index is 1860. The highest BCUT2D eigenvalue weighted by atomic mass is 35.5. The smallest absolute Gasteiger partial charge is 0.252 e. The summed E-state index contributed by atoms with van der Waals surface area (Å²) in [6.07, 6.45) is -0.0956. The summed E-state index contributed by atoms with van der Waals surface area (Å²) in [7, 11) is 0. The van der Waals surface area contributed by atoms with Crippen molar-refractivity contribution in [1.29, 1.82) is 0 Å². The number of benzene rings is 4. The summed E-state index contributed by atoms with van der Waals surface area (Å²) in [4.78, 5) is 25.5. The van der Waals surface area contributed by atoms with E-state index in [4.69, 9.17) is 31.2 Å². The Morgan fingerprint density at radius 1 is 0.936 bits per heavy atom. The molecule has 0 spiro atoms. The van der Waals surface area contributed by atoms with Gasteiger partial charge in [-0.05, 0) is 58.9 Å². The van der Waals surface area contributed by atoms with Crippen molar-refractivity contribution in [2.45, 2.75) is 30.9 Å². The first-order valence-corrected chi connectivity index (χ1v) is 15.3. The molecule has 238 valence electrons. The Balaban J connectivity index is 1.61. The van der Waals surface area contributed by atoms with Crippen molar-refractivity contribution in [3.8, 4) is 5.75 Å². The number of aliphatic hydroxyl groups is 1. The van der Waals surface area contributed by atoms with Crippen molar-refractivity contribution in [3.05, 3.63) is 145 Å². The standard InChI is InChI=1S/C34H31ClN8O4/c35-28-11-4-1-8-23(28)18-19-38-33(45)34(22-25-9-2-5-12-29(25)40-42-36)31(27-10-3-6-13-30(27)41-43-37)47-32(39-34)24-14-16-26(17-15-24)46-21-7-20-44/h1-6,8-17,31,44H,7,18-22H2,(H,38,45)/t31-,34-/m1/s1. The number of nitrogens with one attached hydrogen (secondary N) is 1. The van der Waals surface area contributed by atoms with E-state index in [1.807, 2.05) is 18.2 Å². The molecule has 0 aromatic heterocycles. The van der Waals surface area contributed by atoms with Crippen LogP contribution in [-0.4, -0.2) is 42.2 Å². The van der Waals surface area contributed by atoms with Gasteiger partial charge in [-0.3, -0.25) is 4.79 Å². The molecule has 0 bridgehead atoms. The number of hydrogen-bond acceptors (Lipinski definition) is 7. The highest BCUT2D eigenvalue weighted by Gasteiger charge is 2.54. The highest BCUT2D eigenvalue weighted by Crippen LogP contribution is 2.46. The third-order valence-electron chi connectivity index (χ3n) is 7.64. The van der Waals surface area contributed by atoms with Crippen LogP contribution in [0.5, 0.6) is 5.75 Å². The lowest BCUT2D eigenvalue weighted by atomic mass is 9.81. The van der Waals surface area contributed by atoms with Gasteiger partial charge in [0.1, 0.15) is 5.75 Å². The van der Waals surface area contributed by atoms with Gasteiger partial charge in [-0.1, -0.05) is 88.6 Å². The molecule has 0 radical (unpaired) electrons. The van der Waals surface area contributed by atoms with Crippen molar-refractivity contribution in [1.82, 2.24) is 5.32 Å². The van der Waals surface area contributed by atoms with Gasteiger partial charge in [0, 0.05) is 63.3 Å². The van der Waals surface area contributed by atoms with E-state index in [2.05, 4.69) is 25.4 Å². The van der Waals surface area contributed by atoms with Gasteiger partial charge in [0.25, 0.3) is 5.91 Å². The van der Waals surface area contributed by atoms with Gasteiger partial charge < -0.3 is 19.9 Å². The van der Waals surface area contributed by atoms with Crippen molar-refractivity contribution in [2.75, 3.05) is 19.8 Å². The van der Waals surface area contributed by atoms with Gasteiger partial charge in [-0.25, -0.2) is 4.99 Å². The predicted molar refractivity (Wildman–Crippen MR) is 179 cm³/mol. The van der Waals surface area contributed by atoms with Crippen LogP contribution >= 0.6 is 11.6 Å². The first kappa shape index (κ1) is 32.9. The molecule has 13 heteroatoms. The molecule has 4 aromatic carbocycles. The number of nitrogens with zero attached hydrogens (tertiary/aromatic N) is 7. The number of carbonyl (C=O) groups excluding carboxylic acids is 1. The van der Waals surface area contributed by atoms with Crippen LogP contribution in [0.15, 0.2) is 112 Å². The Kier molecular flexibility index (Phi) is 11.0. The summed E-state index contributed by atoms with van der Waals surface area (Å²) in [6.45, 7) is 0.623. The lowest BCUT2D eigenvalue weighted by molar-refractivity contribution is -0.128. The van der Waals surface area contributed by atoms with Gasteiger partial charge in [-0.15, -0.1) is 0 Å². The van der Waals surface area contributed by atoms with Gasteiger partial charge >= 0.3 is 0 Å². The van der Waals surface area contributed by atoms with Crippen molar-refractivity contribution < 1.29 is 19.4 Å². The molecule has 47 heavy (non-hydrogen) atoms. The second kappa shape index (κ2) is 15.7. The average Bonchev–Trinajstić information content (AvgIpc) is 3.47. The molecule has 0 unspecified atom stereocenters. The fourth-order valence-corrected chi connectivity index (χ4v) is 5.60. The van der Waals surface area contributed by atoms with E-state index in [0.29, 0.717) is 52.6 Å². The zero-order valence-corrected chi connectivity index (χ0v) is 26.0. The lowest BCUT2D eigenvalue weighted by Crippen LogP contribution is -2.50. The van der Waals surface area contributed by atoms with E-state index in [1.165, 1.54) is 0 Å². The van der Waals surface area contributed by atoms with E-state index in [9.17, 15) is 15.9 Å². The Hall–Kier alpha value is -5.51.